The maximum Gasteiger partial charge on any atom is 0.410 e. The topological polar surface area (TPSA) is 111 Å². The van der Waals surface area contributed by atoms with Gasteiger partial charge in [0, 0.05) is 45.0 Å². The van der Waals surface area contributed by atoms with Gasteiger partial charge in [0.05, 0.1) is 22.4 Å². The van der Waals surface area contributed by atoms with Crippen LogP contribution in [0.1, 0.15) is 44.0 Å². The molecular formula is C22H29N5O5. The number of likely N-dealkylation sites (tertiary alicyclic amines) is 1. The van der Waals surface area contributed by atoms with Crippen LogP contribution in [0.25, 0.3) is 5.69 Å². The summed E-state index contributed by atoms with van der Waals surface area (Å²) in [7, 11) is 1.71. The quantitative estimate of drug-likeness (QED) is 0.517. The zero-order valence-corrected chi connectivity index (χ0v) is 18.9. The van der Waals surface area contributed by atoms with Gasteiger partial charge in [0.25, 0.3) is 11.6 Å². The number of aromatic nitrogens is 2. The summed E-state index contributed by atoms with van der Waals surface area (Å²) in [6.07, 6.45) is 4.54. The van der Waals surface area contributed by atoms with Crippen molar-refractivity contribution in [3.63, 3.8) is 0 Å². The van der Waals surface area contributed by atoms with E-state index in [1.54, 1.807) is 35.2 Å². The third kappa shape index (κ3) is 5.83. The van der Waals surface area contributed by atoms with Crippen LogP contribution in [0.4, 0.5) is 10.5 Å². The molecule has 0 N–H and O–H groups in total. The van der Waals surface area contributed by atoms with E-state index in [0.717, 1.165) is 12.8 Å². The molecule has 0 radical (unpaired) electrons. The van der Waals surface area contributed by atoms with E-state index in [4.69, 9.17) is 4.74 Å². The highest BCUT2D eigenvalue weighted by Gasteiger charge is 2.28. The van der Waals surface area contributed by atoms with E-state index >= 15 is 0 Å². The maximum absolute atomic E-state index is 13.0. The molecule has 2 aromatic rings. The standard InChI is InChI=1S/C22H29N5O5/c1-22(2,3)32-21(29)24(4)13-16-6-5-11-25(14-16)20(28)17-12-23-26(15-17)18-7-9-19(10-8-18)27(30)31/h7-10,12,15-16H,5-6,11,13-14H2,1-4H3. The minimum Gasteiger partial charge on any atom is -0.444 e. The number of hydrogen-bond donors (Lipinski definition) is 0. The summed E-state index contributed by atoms with van der Waals surface area (Å²) in [5, 5.41) is 15.0. The summed E-state index contributed by atoms with van der Waals surface area (Å²) >= 11 is 0. The molecule has 1 aromatic carbocycles. The summed E-state index contributed by atoms with van der Waals surface area (Å²) in [6, 6.07) is 5.97. The number of nitrogens with zero attached hydrogens (tertiary/aromatic N) is 5. The van der Waals surface area contributed by atoms with Crippen LogP contribution < -0.4 is 0 Å². The molecule has 2 amide bonds. The van der Waals surface area contributed by atoms with Gasteiger partial charge in [-0.1, -0.05) is 0 Å². The van der Waals surface area contributed by atoms with Crippen molar-refractivity contribution in [1.82, 2.24) is 19.6 Å². The van der Waals surface area contributed by atoms with Crippen molar-refractivity contribution in [1.29, 1.82) is 0 Å². The molecule has 1 fully saturated rings. The minimum atomic E-state index is -0.552. The van der Waals surface area contributed by atoms with Gasteiger partial charge in [-0.2, -0.15) is 5.10 Å². The molecule has 1 aliphatic heterocycles. The zero-order chi connectivity index (χ0) is 23.5. The number of rotatable bonds is 5. The third-order valence-electron chi connectivity index (χ3n) is 5.20. The van der Waals surface area contributed by atoms with Crippen molar-refractivity contribution in [2.24, 2.45) is 5.92 Å². The van der Waals surface area contributed by atoms with Crippen molar-refractivity contribution in [2.75, 3.05) is 26.7 Å². The monoisotopic (exact) mass is 443 g/mol. The second-order valence-electron chi connectivity index (χ2n) is 9.07. The molecule has 0 spiro atoms. The number of benzene rings is 1. The predicted octanol–water partition coefficient (Wildman–Crippen LogP) is 3.50. The van der Waals surface area contributed by atoms with Crippen LogP contribution in [-0.2, 0) is 4.74 Å². The SMILES string of the molecule is CN(CC1CCCN(C(=O)c2cnn(-c3ccc([N+](=O)[O-])cc3)c2)C1)C(=O)OC(C)(C)C. The van der Waals surface area contributed by atoms with Crippen LogP contribution in [0.3, 0.4) is 0 Å². The number of carbonyl (C=O) groups excluding carboxylic acids is 2. The Morgan fingerprint density at radius 2 is 1.97 bits per heavy atom. The molecule has 10 nitrogen and oxygen atoms in total. The lowest BCUT2D eigenvalue weighted by atomic mass is 9.97. The fraction of sp³-hybridized carbons (Fsp3) is 0.500. The second-order valence-corrected chi connectivity index (χ2v) is 9.07. The number of amides is 2. The summed E-state index contributed by atoms with van der Waals surface area (Å²) < 4.78 is 6.93. The summed E-state index contributed by atoms with van der Waals surface area (Å²) in [5.74, 6) is 0.0396. The zero-order valence-electron chi connectivity index (χ0n) is 18.9. The molecule has 1 unspecified atom stereocenters. The molecule has 2 heterocycles. The van der Waals surface area contributed by atoms with Gasteiger partial charge in [0.2, 0.25) is 0 Å². The lowest BCUT2D eigenvalue weighted by Gasteiger charge is -2.35. The first kappa shape index (κ1) is 23.2. The highest BCUT2D eigenvalue weighted by atomic mass is 16.6. The second kappa shape index (κ2) is 9.37. The lowest BCUT2D eigenvalue weighted by Crippen LogP contribution is -2.45. The third-order valence-corrected chi connectivity index (χ3v) is 5.20. The van der Waals surface area contributed by atoms with E-state index in [1.807, 2.05) is 20.8 Å². The number of nitro benzene ring substituents is 1. The fourth-order valence-electron chi connectivity index (χ4n) is 3.68. The minimum absolute atomic E-state index is 0.00656. The van der Waals surface area contributed by atoms with Crippen molar-refractivity contribution >= 4 is 17.7 Å². The number of hydrogen-bond acceptors (Lipinski definition) is 6. The highest BCUT2D eigenvalue weighted by Crippen LogP contribution is 2.21. The van der Waals surface area contributed by atoms with E-state index < -0.39 is 10.5 Å². The lowest BCUT2D eigenvalue weighted by molar-refractivity contribution is -0.384. The van der Waals surface area contributed by atoms with E-state index in [9.17, 15) is 19.7 Å². The Hall–Kier alpha value is -3.43. The molecule has 0 saturated carbocycles. The first-order valence-corrected chi connectivity index (χ1v) is 10.6. The molecule has 0 bridgehead atoms. The number of carbonyl (C=O) groups is 2. The molecule has 1 aromatic heterocycles. The molecule has 1 aliphatic rings. The molecular weight excluding hydrogens is 414 g/mol. The van der Waals surface area contributed by atoms with Crippen LogP contribution in [0.5, 0.6) is 0 Å². The molecule has 32 heavy (non-hydrogen) atoms. The van der Waals surface area contributed by atoms with E-state index in [1.165, 1.54) is 23.0 Å². The first-order valence-electron chi connectivity index (χ1n) is 10.6. The van der Waals surface area contributed by atoms with Crippen molar-refractivity contribution in [3.05, 3.63) is 52.3 Å². The normalized spacial score (nSPS) is 16.5. The van der Waals surface area contributed by atoms with Gasteiger partial charge >= 0.3 is 6.09 Å². The smallest absolute Gasteiger partial charge is 0.410 e. The van der Waals surface area contributed by atoms with E-state index in [2.05, 4.69) is 5.10 Å². The molecule has 172 valence electrons. The van der Waals surface area contributed by atoms with Crippen LogP contribution >= 0.6 is 0 Å². The first-order chi connectivity index (χ1) is 15.0. The van der Waals surface area contributed by atoms with E-state index in [0.29, 0.717) is 30.9 Å². The van der Waals surface area contributed by atoms with Crippen molar-refractivity contribution in [2.45, 2.75) is 39.2 Å². The van der Waals surface area contributed by atoms with Crippen LogP contribution in [0, 0.1) is 16.0 Å². The van der Waals surface area contributed by atoms with Crippen LogP contribution in [0.2, 0.25) is 0 Å². The van der Waals surface area contributed by atoms with Gasteiger partial charge in [-0.15, -0.1) is 0 Å². The van der Waals surface area contributed by atoms with Gasteiger partial charge in [-0.25, -0.2) is 9.48 Å². The Morgan fingerprint density at radius 3 is 2.59 bits per heavy atom. The molecule has 1 saturated heterocycles. The Bertz CT molecular complexity index is 979. The highest BCUT2D eigenvalue weighted by molar-refractivity contribution is 5.93. The van der Waals surface area contributed by atoms with Crippen LogP contribution in [-0.4, -0.2) is 68.8 Å². The number of ether oxygens (including phenoxy) is 1. The number of piperidine rings is 1. The summed E-state index contributed by atoms with van der Waals surface area (Å²) in [4.78, 5) is 39.0. The van der Waals surface area contributed by atoms with E-state index in [-0.39, 0.29) is 23.6 Å². The van der Waals surface area contributed by atoms with Gasteiger partial charge in [0.15, 0.2) is 0 Å². The largest absolute Gasteiger partial charge is 0.444 e. The van der Waals surface area contributed by atoms with Gasteiger partial charge < -0.3 is 14.5 Å². The predicted molar refractivity (Wildman–Crippen MR) is 118 cm³/mol. The fourth-order valence-corrected chi connectivity index (χ4v) is 3.68. The molecule has 10 heteroatoms. The Labute approximate surface area is 186 Å². The van der Waals surface area contributed by atoms with Crippen molar-refractivity contribution < 1.29 is 19.2 Å². The number of non-ortho nitro benzene ring substituents is 1. The van der Waals surface area contributed by atoms with Gasteiger partial charge in [-0.05, 0) is 51.7 Å². The summed E-state index contributed by atoms with van der Waals surface area (Å²) in [6.45, 7) is 7.20. The average Bonchev–Trinajstić information content (AvgIpc) is 3.22. The maximum atomic E-state index is 13.0. The van der Waals surface area contributed by atoms with Gasteiger partial charge in [-0.3, -0.25) is 14.9 Å². The Kier molecular flexibility index (Phi) is 6.81. The Balaban J connectivity index is 1.61. The van der Waals surface area contributed by atoms with Gasteiger partial charge in [0.1, 0.15) is 5.60 Å². The Morgan fingerprint density at radius 1 is 1.28 bits per heavy atom. The summed E-state index contributed by atoms with van der Waals surface area (Å²) in [5.41, 5.74) is 0.520. The van der Waals surface area contributed by atoms with Crippen LogP contribution in [0.15, 0.2) is 36.7 Å². The van der Waals surface area contributed by atoms with Crippen molar-refractivity contribution in [3.8, 4) is 5.69 Å². The number of nitro groups is 1. The molecule has 0 aliphatic carbocycles. The molecule has 3 rings (SSSR count). The molecule has 1 atom stereocenters. The average molecular weight is 444 g/mol.